The standard InChI is InChI=1S/C21H20N2O4/c1-12-7-13(2)9-16(8-12)23-20(25)17(19(24)22-21(23)26)11-15-5-6-18(27-4)14(3)10-15/h5-11H,1-4H3,(H,22,24,26)/b17-11+. The fourth-order valence-electron chi connectivity index (χ4n) is 3.13. The Hall–Kier alpha value is -3.41. The molecular formula is C21H20N2O4. The largest absolute Gasteiger partial charge is 0.496 e. The van der Waals surface area contributed by atoms with Crippen molar-refractivity contribution >= 4 is 29.6 Å². The van der Waals surface area contributed by atoms with E-state index < -0.39 is 17.8 Å². The Morgan fingerprint density at radius 2 is 1.63 bits per heavy atom. The first-order valence-electron chi connectivity index (χ1n) is 8.44. The van der Waals surface area contributed by atoms with Crippen LogP contribution in [0.2, 0.25) is 0 Å². The number of anilines is 1. The monoisotopic (exact) mass is 364 g/mol. The number of aryl methyl sites for hydroxylation is 3. The molecule has 1 fully saturated rings. The van der Waals surface area contributed by atoms with Crippen LogP contribution in [0.15, 0.2) is 42.0 Å². The first kappa shape index (κ1) is 18.4. The summed E-state index contributed by atoms with van der Waals surface area (Å²) >= 11 is 0. The highest BCUT2D eigenvalue weighted by molar-refractivity contribution is 6.39. The summed E-state index contributed by atoms with van der Waals surface area (Å²) in [5, 5.41) is 2.24. The summed E-state index contributed by atoms with van der Waals surface area (Å²) in [7, 11) is 1.58. The van der Waals surface area contributed by atoms with Gasteiger partial charge in [0.2, 0.25) is 0 Å². The minimum atomic E-state index is -0.752. The lowest BCUT2D eigenvalue weighted by molar-refractivity contribution is -0.122. The highest BCUT2D eigenvalue weighted by Gasteiger charge is 2.36. The number of nitrogens with zero attached hydrogens (tertiary/aromatic N) is 1. The molecule has 2 aromatic rings. The van der Waals surface area contributed by atoms with E-state index >= 15 is 0 Å². The van der Waals surface area contributed by atoms with Gasteiger partial charge in [0.25, 0.3) is 11.8 Å². The zero-order valence-corrected chi connectivity index (χ0v) is 15.6. The Morgan fingerprint density at radius 1 is 0.963 bits per heavy atom. The zero-order valence-electron chi connectivity index (χ0n) is 15.6. The molecule has 1 N–H and O–H groups in total. The number of carbonyl (C=O) groups excluding carboxylic acids is 3. The highest BCUT2D eigenvalue weighted by atomic mass is 16.5. The lowest BCUT2D eigenvalue weighted by atomic mass is 10.0. The summed E-state index contributed by atoms with van der Waals surface area (Å²) in [5.41, 5.74) is 3.70. The van der Waals surface area contributed by atoms with E-state index in [4.69, 9.17) is 4.74 Å². The molecule has 138 valence electrons. The third-order valence-corrected chi connectivity index (χ3v) is 4.30. The van der Waals surface area contributed by atoms with Crippen molar-refractivity contribution in [2.24, 2.45) is 0 Å². The van der Waals surface area contributed by atoms with Gasteiger partial charge < -0.3 is 4.74 Å². The minimum Gasteiger partial charge on any atom is -0.496 e. The first-order chi connectivity index (χ1) is 12.8. The molecule has 1 aliphatic heterocycles. The number of rotatable bonds is 3. The maximum absolute atomic E-state index is 12.9. The maximum Gasteiger partial charge on any atom is 0.335 e. The average molecular weight is 364 g/mol. The Balaban J connectivity index is 2.03. The third kappa shape index (κ3) is 3.60. The number of hydrogen-bond donors (Lipinski definition) is 1. The summed E-state index contributed by atoms with van der Waals surface area (Å²) < 4.78 is 5.22. The van der Waals surface area contributed by atoms with Crippen LogP contribution in [0, 0.1) is 20.8 Å². The number of imide groups is 2. The lowest BCUT2D eigenvalue weighted by Crippen LogP contribution is -2.54. The van der Waals surface area contributed by atoms with Gasteiger partial charge in [0.05, 0.1) is 12.8 Å². The van der Waals surface area contributed by atoms with Crippen LogP contribution in [0.5, 0.6) is 5.75 Å². The summed E-state index contributed by atoms with van der Waals surface area (Å²) in [6.07, 6.45) is 1.48. The smallest absolute Gasteiger partial charge is 0.335 e. The molecule has 0 saturated carbocycles. The van der Waals surface area contributed by atoms with Crippen LogP contribution >= 0.6 is 0 Å². The second kappa shape index (κ2) is 7.07. The molecule has 2 aromatic carbocycles. The van der Waals surface area contributed by atoms with E-state index in [0.717, 1.165) is 21.6 Å². The quantitative estimate of drug-likeness (QED) is 0.670. The van der Waals surface area contributed by atoms with E-state index in [2.05, 4.69) is 5.32 Å². The van der Waals surface area contributed by atoms with Crippen LogP contribution in [0.3, 0.4) is 0 Å². The van der Waals surface area contributed by atoms with E-state index in [1.54, 1.807) is 31.4 Å². The normalized spacial score (nSPS) is 15.9. The molecule has 0 atom stereocenters. The minimum absolute atomic E-state index is 0.0988. The number of ether oxygens (including phenoxy) is 1. The predicted octanol–water partition coefficient (Wildman–Crippen LogP) is 3.29. The SMILES string of the molecule is COc1ccc(/C=C2\C(=O)NC(=O)N(c3cc(C)cc(C)c3)C2=O)cc1C. The number of carbonyl (C=O) groups is 3. The number of methoxy groups -OCH3 is 1. The van der Waals surface area contributed by atoms with Crippen molar-refractivity contribution in [3.8, 4) is 5.75 Å². The van der Waals surface area contributed by atoms with Crippen LogP contribution in [-0.4, -0.2) is 25.0 Å². The highest BCUT2D eigenvalue weighted by Crippen LogP contribution is 2.25. The number of barbiturate groups is 1. The van der Waals surface area contributed by atoms with Crippen LogP contribution in [0.4, 0.5) is 10.5 Å². The van der Waals surface area contributed by atoms with E-state index in [0.29, 0.717) is 17.0 Å². The van der Waals surface area contributed by atoms with E-state index in [1.807, 2.05) is 32.9 Å². The van der Waals surface area contributed by atoms with Crippen molar-refractivity contribution in [1.82, 2.24) is 5.32 Å². The zero-order chi connectivity index (χ0) is 19.7. The molecule has 6 heteroatoms. The molecule has 0 aliphatic carbocycles. The molecule has 3 rings (SSSR count). The molecule has 0 spiro atoms. The molecule has 6 nitrogen and oxygen atoms in total. The van der Waals surface area contributed by atoms with Gasteiger partial charge in [-0.2, -0.15) is 0 Å². The van der Waals surface area contributed by atoms with Gasteiger partial charge in [-0.05, 0) is 73.4 Å². The van der Waals surface area contributed by atoms with Gasteiger partial charge in [0.15, 0.2) is 0 Å². The number of nitrogens with one attached hydrogen (secondary N) is 1. The number of hydrogen-bond acceptors (Lipinski definition) is 4. The molecule has 0 unspecified atom stereocenters. The molecule has 1 aliphatic rings. The summed E-state index contributed by atoms with van der Waals surface area (Å²) in [4.78, 5) is 38.5. The van der Waals surface area contributed by atoms with E-state index in [-0.39, 0.29) is 5.57 Å². The summed E-state index contributed by atoms with van der Waals surface area (Å²) in [6, 6.07) is 9.97. The molecule has 4 amide bonds. The van der Waals surface area contributed by atoms with Gasteiger partial charge in [-0.3, -0.25) is 14.9 Å². The van der Waals surface area contributed by atoms with Crippen molar-refractivity contribution < 1.29 is 19.1 Å². The van der Waals surface area contributed by atoms with Crippen LogP contribution in [0.25, 0.3) is 6.08 Å². The van der Waals surface area contributed by atoms with Gasteiger partial charge in [0, 0.05) is 0 Å². The van der Waals surface area contributed by atoms with Crippen molar-refractivity contribution in [1.29, 1.82) is 0 Å². The van der Waals surface area contributed by atoms with E-state index in [1.165, 1.54) is 6.08 Å². The van der Waals surface area contributed by atoms with Crippen molar-refractivity contribution in [3.05, 3.63) is 64.2 Å². The Labute approximate surface area is 157 Å². The van der Waals surface area contributed by atoms with Gasteiger partial charge in [-0.1, -0.05) is 12.1 Å². The van der Waals surface area contributed by atoms with Gasteiger partial charge in [-0.25, -0.2) is 9.69 Å². The van der Waals surface area contributed by atoms with E-state index in [9.17, 15) is 14.4 Å². The number of amides is 4. The average Bonchev–Trinajstić information content (AvgIpc) is 2.57. The second-order valence-corrected chi connectivity index (χ2v) is 6.53. The molecule has 1 saturated heterocycles. The molecule has 0 radical (unpaired) electrons. The fourth-order valence-corrected chi connectivity index (χ4v) is 3.13. The Morgan fingerprint density at radius 3 is 2.22 bits per heavy atom. The van der Waals surface area contributed by atoms with Crippen molar-refractivity contribution in [3.63, 3.8) is 0 Å². The fraction of sp³-hybridized carbons (Fsp3) is 0.190. The van der Waals surface area contributed by atoms with Crippen molar-refractivity contribution in [2.75, 3.05) is 12.0 Å². The molecule has 1 heterocycles. The van der Waals surface area contributed by atoms with Crippen molar-refractivity contribution in [2.45, 2.75) is 20.8 Å². The second-order valence-electron chi connectivity index (χ2n) is 6.53. The van der Waals surface area contributed by atoms with Crippen LogP contribution in [0.1, 0.15) is 22.3 Å². The molecule has 0 bridgehead atoms. The van der Waals surface area contributed by atoms with Crippen LogP contribution < -0.4 is 15.0 Å². The number of benzene rings is 2. The summed E-state index contributed by atoms with van der Waals surface area (Å²) in [5.74, 6) is -0.648. The lowest BCUT2D eigenvalue weighted by Gasteiger charge is -2.27. The van der Waals surface area contributed by atoms with Gasteiger partial charge >= 0.3 is 6.03 Å². The topological polar surface area (TPSA) is 75.7 Å². The predicted molar refractivity (Wildman–Crippen MR) is 103 cm³/mol. The maximum atomic E-state index is 12.9. The summed E-state index contributed by atoms with van der Waals surface area (Å²) in [6.45, 7) is 5.63. The van der Waals surface area contributed by atoms with Crippen LogP contribution in [-0.2, 0) is 9.59 Å². The molecular weight excluding hydrogens is 344 g/mol. The number of urea groups is 1. The van der Waals surface area contributed by atoms with Gasteiger partial charge in [-0.15, -0.1) is 0 Å². The van der Waals surface area contributed by atoms with Gasteiger partial charge in [0.1, 0.15) is 11.3 Å². The third-order valence-electron chi connectivity index (χ3n) is 4.30. The Bertz CT molecular complexity index is 971. The Kier molecular flexibility index (Phi) is 4.81. The first-order valence-corrected chi connectivity index (χ1v) is 8.44. The molecule has 0 aromatic heterocycles. The molecule has 27 heavy (non-hydrogen) atoms.